The topological polar surface area (TPSA) is 94.2 Å². The van der Waals surface area contributed by atoms with Gasteiger partial charge in [-0.25, -0.2) is 4.79 Å². The number of oxime groups is 1. The van der Waals surface area contributed by atoms with Gasteiger partial charge in [-0.05, 0) is 19.3 Å². The Morgan fingerprint density at radius 1 is 1.42 bits per heavy atom. The first-order chi connectivity index (χ1) is 9.15. The third-order valence-electron chi connectivity index (χ3n) is 3.79. The van der Waals surface area contributed by atoms with Crippen LogP contribution in [-0.2, 0) is 0 Å². The fraction of sp³-hybridized carbons (Fsp3) is 0.833. The Labute approximate surface area is 113 Å². The summed E-state index contributed by atoms with van der Waals surface area (Å²) in [6.45, 7) is 4.90. The molecule has 1 atom stereocenters. The number of hydrogen-bond acceptors (Lipinski definition) is 4. The van der Waals surface area contributed by atoms with Gasteiger partial charge in [-0.3, -0.25) is 4.90 Å². The molecular weight excluding hydrogens is 246 g/mol. The molecule has 4 N–H and O–H groups in total. The Morgan fingerprint density at radius 3 is 2.53 bits per heavy atom. The molecule has 0 spiro atoms. The molecule has 1 saturated carbocycles. The summed E-state index contributed by atoms with van der Waals surface area (Å²) in [4.78, 5) is 15.9. The lowest BCUT2D eigenvalue weighted by Gasteiger charge is -2.38. The number of nitrogens with two attached hydrogens (primary N) is 1. The van der Waals surface area contributed by atoms with Gasteiger partial charge in [-0.15, -0.1) is 0 Å². The Bertz CT molecular complexity index is 348. The standard InChI is InChI=1S/C12H23N5O2/c1-2-10(11(13)15-19)16-5-7-17(8-6-16)12(18)14-9-3-4-9/h9-10,19H,2-8H2,1H3,(H2,13,15)(H,14,18). The molecule has 0 radical (unpaired) electrons. The van der Waals surface area contributed by atoms with Gasteiger partial charge in [0.05, 0.1) is 6.04 Å². The number of piperazine rings is 1. The van der Waals surface area contributed by atoms with Crippen molar-refractivity contribution in [2.45, 2.75) is 38.3 Å². The lowest BCUT2D eigenvalue weighted by Crippen LogP contribution is -2.56. The van der Waals surface area contributed by atoms with Gasteiger partial charge >= 0.3 is 6.03 Å². The highest BCUT2D eigenvalue weighted by Crippen LogP contribution is 2.19. The number of amidine groups is 1. The molecule has 1 aliphatic heterocycles. The molecule has 2 aliphatic rings. The Kier molecular flexibility index (Phi) is 4.47. The molecule has 108 valence electrons. The maximum atomic E-state index is 11.9. The average molecular weight is 269 g/mol. The molecule has 0 aromatic heterocycles. The minimum absolute atomic E-state index is 0.0407. The zero-order valence-electron chi connectivity index (χ0n) is 11.4. The first-order valence-electron chi connectivity index (χ1n) is 6.92. The summed E-state index contributed by atoms with van der Waals surface area (Å²) in [5.74, 6) is 0.249. The van der Waals surface area contributed by atoms with Gasteiger partial charge in [-0.2, -0.15) is 0 Å². The summed E-state index contributed by atoms with van der Waals surface area (Å²) in [6, 6.07) is 0.392. The normalized spacial score (nSPS) is 23.2. The average Bonchev–Trinajstić information content (AvgIpc) is 3.24. The summed E-state index contributed by atoms with van der Waals surface area (Å²) in [6.07, 6.45) is 3.00. The predicted octanol–water partition coefficient (Wildman–Crippen LogP) is 0.00100. The van der Waals surface area contributed by atoms with Crippen molar-refractivity contribution in [3.05, 3.63) is 0 Å². The van der Waals surface area contributed by atoms with E-state index in [4.69, 9.17) is 10.9 Å². The van der Waals surface area contributed by atoms with E-state index in [0.717, 1.165) is 32.4 Å². The van der Waals surface area contributed by atoms with Gasteiger partial charge < -0.3 is 21.2 Å². The van der Waals surface area contributed by atoms with E-state index in [1.54, 1.807) is 0 Å². The lowest BCUT2D eigenvalue weighted by molar-refractivity contribution is 0.124. The van der Waals surface area contributed by atoms with Crippen LogP contribution in [0.4, 0.5) is 4.79 Å². The molecule has 1 heterocycles. The van der Waals surface area contributed by atoms with E-state index in [0.29, 0.717) is 19.1 Å². The van der Waals surface area contributed by atoms with Crippen molar-refractivity contribution in [3.63, 3.8) is 0 Å². The SMILES string of the molecule is CCC(C(N)=NO)N1CCN(C(=O)NC2CC2)CC1. The van der Waals surface area contributed by atoms with Crippen LogP contribution < -0.4 is 11.1 Å². The number of amides is 2. The number of rotatable bonds is 4. The molecule has 2 amide bonds. The zero-order valence-corrected chi connectivity index (χ0v) is 11.4. The van der Waals surface area contributed by atoms with Crippen LogP contribution in [-0.4, -0.2) is 65.1 Å². The molecule has 1 aliphatic carbocycles. The van der Waals surface area contributed by atoms with Crippen molar-refractivity contribution in [2.75, 3.05) is 26.2 Å². The van der Waals surface area contributed by atoms with Gasteiger partial charge in [0.2, 0.25) is 0 Å². The number of urea groups is 1. The van der Waals surface area contributed by atoms with E-state index in [9.17, 15) is 4.79 Å². The Morgan fingerprint density at radius 2 is 2.05 bits per heavy atom. The fourth-order valence-electron chi connectivity index (χ4n) is 2.45. The molecule has 1 saturated heterocycles. The van der Waals surface area contributed by atoms with Gasteiger partial charge in [0, 0.05) is 32.2 Å². The Balaban J connectivity index is 1.82. The minimum Gasteiger partial charge on any atom is -0.409 e. The molecule has 2 rings (SSSR count). The van der Waals surface area contributed by atoms with Crippen LogP contribution in [0.1, 0.15) is 26.2 Å². The van der Waals surface area contributed by atoms with E-state index in [-0.39, 0.29) is 17.9 Å². The predicted molar refractivity (Wildman–Crippen MR) is 72.2 cm³/mol. The highest BCUT2D eigenvalue weighted by Gasteiger charge is 2.30. The van der Waals surface area contributed by atoms with Crippen molar-refractivity contribution < 1.29 is 10.0 Å². The quantitative estimate of drug-likeness (QED) is 0.290. The van der Waals surface area contributed by atoms with Crippen molar-refractivity contribution in [3.8, 4) is 0 Å². The second kappa shape index (κ2) is 6.10. The molecule has 1 unspecified atom stereocenters. The molecule has 2 fully saturated rings. The van der Waals surface area contributed by atoms with Crippen molar-refractivity contribution in [1.82, 2.24) is 15.1 Å². The second-order valence-corrected chi connectivity index (χ2v) is 5.20. The monoisotopic (exact) mass is 269 g/mol. The summed E-state index contributed by atoms with van der Waals surface area (Å²) in [5.41, 5.74) is 5.69. The highest BCUT2D eigenvalue weighted by molar-refractivity contribution is 5.85. The van der Waals surface area contributed by atoms with E-state index in [1.807, 2.05) is 11.8 Å². The maximum absolute atomic E-state index is 11.9. The number of hydrogen-bond donors (Lipinski definition) is 3. The van der Waals surface area contributed by atoms with Crippen LogP contribution in [0.15, 0.2) is 5.16 Å². The van der Waals surface area contributed by atoms with Gasteiger partial charge in [0.15, 0.2) is 5.84 Å². The Hall–Kier alpha value is -1.50. The van der Waals surface area contributed by atoms with Crippen LogP contribution in [0.5, 0.6) is 0 Å². The van der Waals surface area contributed by atoms with Crippen LogP contribution in [0, 0.1) is 0 Å². The number of carbonyl (C=O) groups is 1. The number of carbonyl (C=O) groups excluding carboxylic acids is 1. The van der Waals surface area contributed by atoms with Crippen LogP contribution in [0.2, 0.25) is 0 Å². The zero-order chi connectivity index (χ0) is 13.8. The third kappa shape index (κ3) is 3.50. The van der Waals surface area contributed by atoms with Gasteiger partial charge in [0.1, 0.15) is 0 Å². The third-order valence-corrected chi connectivity index (χ3v) is 3.79. The molecule has 0 bridgehead atoms. The molecule has 7 nitrogen and oxygen atoms in total. The second-order valence-electron chi connectivity index (χ2n) is 5.20. The van der Waals surface area contributed by atoms with Crippen LogP contribution in [0.25, 0.3) is 0 Å². The van der Waals surface area contributed by atoms with Crippen LogP contribution >= 0.6 is 0 Å². The lowest BCUT2D eigenvalue weighted by atomic mass is 10.1. The maximum Gasteiger partial charge on any atom is 0.317 e. The summed E-state index contributed by atoms with van der Waals surface area (Å²) in [7, 11) is 0. The first-order valence-corrected chi connectivity index (χ1v) is 6.92. The summed E-state index contributed by atoms with van der Waals surface area (Å²) < 4.78 is 0. The van der Waals surface area contributed by atoms with Gasteiger partial charge in [0.25, 0.3) is 0 Å². The van der Waals surface area contributed by atoms with Crippen molar-refractivity contribution in [1.29, 1.82) is 0 Å². The largest absolute Gasteiger partial charge is 0.409 e. The fourth-order valence-corrected chi connectivity index (χ4v) is 2.45. The van der Waals surface area contributed by atoms with Crippen molar-refractivity contribution in [2.24, 2.45) is 10.9 Å². The summed E-state index contributed by atoms with van der Waals surface area (Å²) >= 11 is 0. The smallest absolute Gasteiger partial charge is 0.317 e. The van der Waals surface area contributed by atoms with E-state index in [1.165, 1.54) is 0 Å². The summed E-state index contributed by atoms with van der Waals surface area (Å²) in [5, 5.41) is 14.9. The molecule has 0 aromatic rings. The van der Waals surface area contributed by atoms with E-state index in [2.05, 4.69) is 15.4 Å². The molecule has 0 aromatic carbocycles. The van der Waals surface area contributed by atoms with Crippen LogP contribution in [0.3, 0.4) is 0 Å². The van der Waals surface area contributed by atoms with Crippen molar-refractivity contribution >= 4 is 11.9 Å². The van der Waals surface area contributed by atoms with E-state index < -0.39 is 0 Å². The number of nitrogens with one attached hydrogen (secondary N) is 1. The first kappa shape index (κ1) is 13.9. The van der Waals surface area contributed by atoms with E-state index >= 15 is 0 Å². The number of nitrogens with zero attached hydrogens (tertiary/aromatic N) is 3. The molecule has 19 heavy (non-hydrogen) atoms. The highest BCUT2D eigenvalue weighted by atomic mass is 16.4. The van der Waals surface area contributed by atoms with Gasteiger partial charge in [-0.1, -0.05) is 12.1 Å². The molecular formula is C12H23N5O2. The molecule has 7 heteroatoms. The minimum atomic E-state index is -0.0429.